The Labute approximate surface area is 91.0 Å². The maximum absolute atomic E-state index is 11.7. The van der Waals surface area contributed by atoms with Crippen LogP contribution in [0.2, 0.25) is 0 Å². The number of phenolic OH excluding ortho intramolecular Hbond substituents is 1. The van der Waals surface area contributed by atoms with Gasteiger partial charge in [0.15, 0.2) is 5.78 Å². The van der Waals surface area contributed by atoms with E-state index in [1.165, 1.54) is 6.07 Å². The number of carbonyl (C=O) groups is 2. The molecule has 0 spiro atoms. The number of phenols is 1. The molecule has 0 aromatic heterocycles. The molecular weight excluding hydrogens is 216 g/mol. The minimum absolute atomic E-state index is 0.0457. The molecule has 15 heavy (non-hydrogen) atoms. The Morgan fingerprint density at radius 3 is 2.53 bits per heavy atom. The summed E-state index contributed by atoms with van der Waals surface area (Å²) < 4.78 is 0. The fourth-order valence-electron chi connectivity index (χ4n) is 1.61. The number of aromatic hydroxyl groups is 1. The van der Waals surface area contributed by atoms with E-state index in [-0.39, 0.29) is 21.9 Å². The van der Waals surface area contributed by atoms with Gasteiger partial charge in [-0.25, -0.2) is 0 Å². The SMILES string of the molecule is Cc1ccc(O)c2c1C(=O)C(Cl)=CC2=O. The molecule has 0 bridgehead atoms. The molecule has 76 valence electrons. The summed E-state index contributed by atoms with van der Waals surface area (Å²) in [6.45, 7) is 1.69. The van der Waals surface area contributed by atoms with E-state index in [2.05, 4.69) is 0 Å². The van der Waals surface area contributed by atoms with Crippen LogP contribution in [0, 0.1) is 6.92 Å². The Kier molecular flexibility index (Phi) is 2.12. The second kappa shape index (κ2) is 3.21. The fourth-order valence-corrected chi connectivity index (χ4v) is 1.80. The Bertz CT molecular complexity index is 515. The van der Waals surface area contributed by atoms with Gasteiger partial charge in [-0.1, -0.05) is 17.7 Å². The summed E-state index contributed by atoms with van der Waals surface area (Å²) in [4.78, 5) is 23.2. The molecular formula is C11H7ClO3. The summed E-state index contributed by atoms with van der Waals surface area (Å²) in [5.41, 5.74) is 0.879. The molecule has 0 radical (unpaired) electrons. The second-order valence-electron chi connectivity index (χ2n) is 3.34. The third-order valence-corrected chi connectivity index (χ3v) is 2.62. The van der Waals surface area contributed by atoms with Gasteiger partial charge in [-0.2, -0.15) is 0 Å². The molecule has 2 rings (SSSR count). The van der Waals surface area contributed by atoms with Crippen LogP contribution in [0.15, 0.2) is 23.2 Å². The van der Waals surface area contributed by atoms with Crippen molar-refractivity contribution in [1.29, 1.82) is 0 Å². The van der Waals surface area contributed by atoms with Gasteiger partial charge in [-0.15, -0.1) is 0 Å². The Hall–Kier alpha value is -1.61. The Balaban J connectivity index is 2.82. The Morgan fingerprint density at radius 1 is 1.20 bits per heavy atom. The van der Waals surface area contributed by atoms with Gasteiger partial charge in [0.2, 0.25) is 5.78 Å². The van der Waals surface area contributed by atoms with E-state index in [0.29, 0.717) is 5.56 Å². The molecule has 0 amide bonds. The minimum Gasteiger partial charge on any atom is -0.507 e. The molecule has 1 aliphatic rings. The number of allylic oxidation sites excluding steroid dienone is 2. The van der Waals surface area contributed by atoms with Crippen molar-refractivity contribution in [3.8, 4) is 5.75 Å². The first-order chi connectivity index (χ1) is 7.02. The van der Waals surface area contributed by atoms with Crippen LogP contribution >= 0.6 is 11.6 Å². The first-order valence-electron chi connectivity index (χ1n) is 4.31. The van der Waals surface area contributed by atoms with Crippen LogP contribution in [0.1, 0.15) is 26.3 Å². The number of rotatable bonds is 0. The number of fused-ring (bicyclic) bond motifs is 1. The van der Waals surface area contributed by atoms with E-state index in [0.717, 1.165) is 6.08 Å². The molecule has 0 aliphatic heterocycles. The van der Waals surface area contributed by atoms with Crippen LogP contribution in [-0.4, -0.2) is 16.7 Å². The minimum atomic E-state index is -0.434. The predicted octanol–water partition coefficient (Wildman–Crippen LogP) is 2.20. The second-order valence-corrected chi connectivity index (χ2v) is 3.74. The summed E-state index contributed by atoms with van der Waals surface area (Å²) in [6, 6.07) is 2.97. The lowest BCUT2D eigenvalue weighted by Gasteiger charge is -2.14. The number of aryl methyl sites for hydroxylation is 1. The molecule has 0 unspecified atom stereocenters. The van der Waals surface area contributed by atoms with Crippen LogP contribution in [-0.2, 0) is 0 Å². The molecule has 1 aromatic carbocycles. The number of carbonyl (C=O) groups excluding carboxylic acids is 2. The van der Waals surface area contributed by atoms with E-state index in [9.17, 15) is 14.7 Å². The molecule has 0 saturated heterocycles. The maximum Gasteiger partial charge on any atom is 0.205 e. The summed E-state index contributed by atoms with van der Waals surface area (Å²) in [5, 5.41) is 9.40. The highest BCUT2D eigenvalue weighted by atomic mass is 35.5. The lowest BCUT2D eigenvalue weighted by molar-refractivity contribution is 0.0987. The van der Waals surface area contributed by atoms with Crippen LogP contribution in [0.4, 0.5) is 0 Å². The fraction of sp³-hybridized carbons (Fsp3) is 0.0909. The third kappa shape index (κ3) is 1.36. The van der Waals surface area contributed by atoms with Crippen molar-refractivity contribution in [3.05, 3.63) is 39.9 Å². The number of Topliss-reactive ketones (excluding diaryl/α,β-unsaturated/α-hetero) is 1. The van der Waals surface area contributed by atoms with Gasteiger partial charge in [0.05, 0.1) is 10.6 Å². The molecule has 1 aromatic rings. The third-order valence-electron chi connectivity index (χ3n) is 2.34. The van der Waals surface area contributed by atoms with Crippen molar-refractivity contribution >= 4 is 23.2 Å². The first kappa shape index (κ1) is 9.93. The Morgan fingerprint density at radius 2 is 1.87 bits per heavy atom. The average Bonchev–Trinajstić information content (AvgIpc) is 2.18. The van der Waals surface area contributed by atoms with Crippen LogP contribution in [0.25, 0.3) is 0 Å². The normalized spacial score (nSPS) is 14.9. The van der Waals surface area contributed by atoms with E-state index >= 15 is 0 Å². The number of hydrogen-bond acceptors (Lipinski definition) is 3. The van der Waals surface area contributed by atoms with Crippen molar-refractivity contribution in [3.63, 3.8) is 0 Å². The van der Waals surface area contributed by atoms with Gasteiger partial charge >= 0.3 is 0 Å². The standard InChI is InChI=1S/C11H7ClO3/c1-5-2-3-7(13)10-8(14)4-6(12)11(15)9(5)10/h2-4,13H,1H3. The highest BCUT2D eigenvalue weighted by Gasteiger charge is 2.28. The van der Waals surface area contributed by atoms with Gasteiger partial charge in [-0.3, -0.25) is 9.59 Å². The van der Waals surface area contributed by atoms with E-state index in [1.54, 1.807) is 13.0 Å². The topological polar surface area (TPSA) is 54.4 Å². The zero-order valence-corrected chi connectivity index (χ0v) is 8.63. The van der Waals surface area contributed by atoms with E-state index in [4.69, 9.17) is 11.6 Å². The van der Waals surface area contributed by atoms with Crippen molar-refractivity contribution < 1.29 is 14.7 Å². The number of ketones is 2. The molecule has 0 saturated carbocycles. The predicted molar refractivity (Wildman–Crippen MR) is 55.4 cm³/mol. The molecule has 3 nitrogen and oxygen atoms in total. The summed E-state index contributed by atoms with van der Waals surface area (Å²) in [5.74, 6) is -1.04. The summed E-state index contributed by atoms with van der Waals surface area (Å²) in [7, 11) is 0. The smallest absolute Gasteiger partial charge is 0.205 e. The molecule has 4 heteroatoms. The van der Waals surface area contributed by atoms with Gasteiger partial charge in [-0.05, 0) is 18.6 Å². The monoisotopic (exact) mass is 222 g/mol. The van der Waals surface area contributed by atoms with Crippen LogP contribution < -0.4 is 0 Å². The first-order valence-corrected chi connectivity index (χ1v) is 4.69. The quantitative estimate of drug-likeness (QED) is 0.732. The lowest BCUT2D eigenvalue weighted by Crippen LogP contribution is -2.16. The molecule has 0 heterocycles. The van der Waals surface area contributed by atoms with Crippen molar-refractivity contribution in [2.24, 2.45) is 0 Å². The van der Waals surface area contributed by atoms with E-state index < -0.39 is 11.6 Å². The number of benzene rings is 1. The zero-order chi connectivity index (χ0) is 11.2. The van der Waals surface area contributed by atoms with E-state index in [1.807, 2.05) is 0 Å². The highest BCUT2D eigenvalue weighted by Crippen LogP contribution is 2.31. The zero-order valence-electron chi connectivity index (χ0n) is 7.87. The van der Waals surface area contributed by atoms with Crippen molar-refractivity contribution in [1.82, 2.24) is 0 Å². The maximum atomic E-state index is 11.7. The lowest BCUT2D eigenvalue weighted by atomic mass is 9.90. The van der Waals surface area contributed by atoms with Crippen LogP contribution in [0.3, 0.4) is 0 Å². The van der Waals surface area contributed by atoms with Crippen molar-refractivity contribution in [2.75, 3.05) is 0 Å². The van der Waals surface area contributed by atoms with Gasteiger partial charge in [0.25, 0.3) is 0 Å². The molecule has 0 atom stereocenters. The van der Waals surface area contributed by atoms with Crippen molar-refractivity contribution in [2.45, 2.75) is 6.92 Å². The highest BCUT2D eigenvalue weighted by molar-refractivity contribution is 6.49. The summed E-state index contributed by atoms with van der Waals surface area (Å²) >= 11 is 5.62. The van der Waals surface area contributed by atoms with Gasteiger partial charge in [0, 0.05) is 11.6 Å². The summed E-state index contributed by atoms with van der Waals surface area (Å²) in [6.07, 6.45) is 1.03. The average molecular weight is 223 g/mol. The molecule has 1 N–H and O–H groups in total. The number of halogens is 1. The van der Waals surface area contributed by atoms with Gasteiger partial charge < -0.3 is 5.11 Å². The van der Waals surface area contributed by atoms with Gasteiger partial charge in [0.1, 0.15) is 5.75 Å². The van der Waals surface area contributed by atoms with Crippen LogP contribution in [0.5, 0.6) is 5.75 Å². The largest absolute Gasteiger partial charge is 0.507 e. The molecule has 1 aliphatic carbocycles. The molecule has 0 fully saturated rings. The number of hydrogen-bond donors (Lipinski definition) is 1.